The lowest BCUT2D eigenvalue weighted by atomic mass is 10.1. The summed E-state index contributed by atoms with van der Waals surface area (Å²) in [5.41, 5.74) is 2.34. The molecule has 0 aliphatic carbocycles. The number of benzene rings is 3. The van der Waals surface area contributed by atoms with Crippen molar-refractivity contribution in [2.24, 2.45) is 0 Å². The molecule has 0 saturated heterocycles. The van der Waals surface area contributed by atoms with Gasteiger partial charge in [-0.05, 0) is 67.6 Å². The zero-order valence-corrected chi connectivity index (χ0v) is 21.9. The van der Waals surface area contributed by atoms with Crippen LogP contribution in [0.25, 0.3) is 11.3 Å². The number of methoxy groups -OCH3 is 2. The smallest absolute Gasteiger partial charge is 0.263 e. The third kappa shape index (κ3) is 6.46. The summed E-state index contributed by atoms with van der Waals surface area (Å²) in [7, 11) is 2.99. The van der Waals surface area contributed by atoms with Crippen molar-refractivity contribution >= 4 is 45.7 Å². The van der Waals surface area contributed by atoms with Crippen LogP contribution in [0, 0.1) is 5.82 Å². The maximum absolute atomic E-state index is 13.1. The van der Waals surface area contributed by atoms with Crippen LogP contribution in [0.15, 0.2) is 77.0 Å². The van der Waals surface area contributed by atoms with Crippen LogP contribution in [0.1, 0.15) is 17.3 Å². The molecule has 1 unspecified atom stereocenters. The second-order valence-electron chi connectivity index (χ2n) is 7.81. The van der Waals surface area contributed by atoms with Crippen molar-refractivity contribution in [2.45, 2.75) is 17.1 Å². The molecule has 10 heteroatoms. The fraction of sp³-hybridized carbons (Fsp3) is 0.148. The third-order valence-electron chi connectivity index (χ3n) is 5.32. The second-order valence-corrected chi connectivity index (χ2v) is 10.1. The minimum Gasteiger partial charge on any atom is -0.496 e. The Hall–Kier alpha value is -3.89. The van der Waals surface area contributed by atoms with E-state index in [0.29, 0.717) is 33.6 Å². The monoisotopic (exact) mass is 537 g/mol. The Kier molecular flexibility index (Phi) is 8.42. The van der Waals surface area contributed by atoms with Crippen molar-refractivity contribution in [3.63, 3.8) is 0 Å². The Bertz CT molecular complexity index is 1370. The quantitative estimate of drug-likeness (QED) is 0.242. The van der Waals surface area contributed by atoms with Gasteiger partial charge in [0, 0.05) is 21.5 Å². The SMILES string of the molecule is COc1cccc(OC)c1C(=O)Nc1ccc(SC(C)C(=O)Nc2nc(-c3ccc(F)cc3)cs2)cc1. The lowest BCUT2D eigenvalue weighted by Crippen LogP contribution is -2.22. The molecule has 190 valence electrons. The molecule has 37 heavy (non-hydrogen) atoms. The number of aromatic nitrogens is 1. The zero-order chi connectivity index (χ0) is 26.4. The van der Waals surface area contributed by atoms with Crippen molar-refractivity contribution in [1.82, 2.24) is 4.98 Å². The van der Waals surface area contributed by atoms with E-state index in [-0.39, 0.29) is 17.6 Å². The number of halogens is 1. The number of thiazole rings is 1. The summed E-state index contributed by atoms with van der Waals surface area (Å²) in [6.07, 6.45) is 0. The van der Waals surface area contributed by atoms with Crippen LogP contribution in [-0.4, -0.2) is 36.3 Å². The highest BCUT2D eigenvalue weighted by Gasteiger charge is 2.19. The average Bonchev–Trinajstić information content (AvgIpc) is 3.37. The minimum absolute atomic E-state index is 0.189. The molecule has 4 aromatic rings. The van der Waals surface area contributed by atoms with E-state index in [9.17, 15) is 14.0 Å². The number of rotatable bonds is 9. The van der Waals surface area contributed by atoms with Gasteiger partial charge < -0.3 is 20.1 Å². The number of nitrogens with zero attached hydrogens (tertiary/aromatic N) is 1. The molecular formula is C27H24FN3O4S2. The highest BCUT2D eigenvalue weighted by atomic mass is 32.2. The molecule has 0 bridgehead atoms. The molecule has 0 spiro atoms. The largest absolute Gasteiger partial charge is 0.496 e. The number of carbonyl (C=O) groups is 2. The predicted molar refractivity (Wildman–Crippen MR) is 145 cm³/mol. The summed E-state index contributed by atoms with van der Waals surface area (Å²) < 4.78 is 23.8. The van der Waals surface area contributed by atoms with Crippen LogP contribution in [0.2, 0.25) is 0 Å². The Balaban J connectivity index is 1.35. The summed E-state index contributed by atoms with van der Waals surface area (Å²) >= 11 is 2.69. The summed E-state index contributed by atoms with van der Waals surface area (Å²) in [5.74, 6) is -0.0373. The van der Waals surface area contributed by atoms with Crippen LogP contribution < -0.4 is 20.1 Å². The van der Waals surface area contributed by atoms with Gasteiger partial charge >= 0.3 is 0 Å². The molecule has 7 nitrogen and oxygen atoms in total. The van der Waals surface area contributed by atoms with Gasteiger partial charge in [-0.15, -0.1) is 23.1 Å². The van der Waals surface area contributed by atoms with E-state index < -0.39 is 5.25 Å². The van der Waals surface area contributed by atoms with Crippen LogP contribution >= 0.6 is 23.1 Å². The summed E-state index contributed by atoms with van der Waals surface area (Å²) in [5, 5.41) is 7.58. The first kappa shape index (κ1) is 26.2. The molecule has 4 rings (SSSR count). The highest BCUT2D eigenvalue weighted by Crippen LogP contribution is 2.31. The first-order chi connectivity index (χ1) is 17.9. The Morgan fingerprint density at radius 3 is 2.22 bits per heavy atom. The average molecular weight is 538 g/mol. The molecule has 0 fully saturated rings. The molecular weight excluding hydrogens is 513 g/mol. The predicted octanol–water partition coefficient (Wildman–Crippen LogP) is 6.34. The van der Waals surface area contributed by atoms with Crippen molar-refractivity contribution in [3.05, 3.63) is 83.5 Å². The van der Waals surface area contributed by atoms with E-state index in [1.54, 1.807) is 49.4 Å². The molecule has 0 aliphatic rings. The molecule has 0 saturated carbocycles. The van der Waals surface area contributed by atoms with Crippen molar-refractivity contribution in [2.75, 3.05) is 24.9 Å². The van der Waals surface area contributed by atoms with E-state index in [1.807, 2.05) is 17.5 Å². The summed E-state index contributed by atoms with van der Waals surface area (Å²) in [6.45, 7) is 1.80. The molecule has 1 aromatic heterocycles. The van der Waals surface area contributed by atoms with Gasteiger partial charge in [-0.2, -0.15) is 0 Å². The van der Waals surface area contributed by atoms with Gasteiger partial charge in [-0.3, -0.25) is 9.59 Å². The molecule has 1 atom stereocenters. The van der Waals surface area contributed by atoms with Gasteiger partial charge in [0.1, 0.15) is 22.9 Å². The first-order valence-corrected chi connectivity index (χ1v) is 12.9. The van der Waals surface area contributed by atoms with Gasteiger partial charge in [-0.25, -0.2) is 9.37 Å². The molecule has 2 amide bonds. The summed E-state index contributed by atoms with van der Waals surface area (Å²) in [4.78, 5) is 30.8. The minimum atomic E-state index is -0.392. The lowest BCUT2D eigenvalue weighted by molar-refractivity contribution is -0.115. The maximum atomic E-state index is 13.1. The van der Waals surface area contributed by atoms with E-state index in [4.69, 9.17) is 9.47 Å². The van der Waals surface area contributed by atoms with Gasteiger partial charge in [-0.1, -0.05) is 6.07 Å². The standard InChI is InChI=1S/C27H24FN3O4S2/c1-16(25(32)31-27-30-21(15-36-27)17-7-9-18(28)10-8-17)37-20-13-11-19(12-14-20)29-26(33)24-22(34-2)5-4-6-23(24)35-3/h4-16H,1-3H3,(H,29,33)(H,30,31,32). The van der Waals surface area contributed by atoms with Crippen LogP contribution in [0.5, 0.6) is 11.5 Å². The second kappa shape index (κ2) is 11.9. The van der Waals surface area contributed by atoms with Gasteiger partial charge in [0.2, 0.25) is 5.91 Å². The van der Waals surface area contributed by atoms with E-state index in [2.05, 4.69) is 15.6 Å². The van der Waals surface area contributed by atoms with Crippen molar-refractivity contribution in [1.29, 1.82) is 0 Å². The maximum Gasteiger partial charge on any atom is 0.263 e. The molecule has 2 N–H and O–H groups in total. The van der Waals surface area contributed by atoms with Gasteiger partial charge in [0.25, 0.3) is 5.91 Å². The number of nitrogens with one attached hydrogen (secondary N) is 2. The van der Waals surface area contributed by atoms with Crippen molar-refractivity contribution < 1.29 is 23.5 Å². The normalized spacial score (nSPS) is 11.5. The number of hydrogen-bond acceptors (Lipinski definition) is 7. The zero-order valence-electron chi connectivity index (χ0n) is 20.3. The number of thioether (sulfide) groups is 1. The fourth-order valence-corrected chi connectivity index (χ4v) is 5.02. The van der Waals surface area contributed by atoms with Gasteiger partial charge in [0.15, 0.2) is 5.13 Å². The topological polar surface area (TPSA) is 89.5 Å². The highest BCUT2D eigenvalue weighted by molar-refractivity contribution is 8.00. The fourth-order valence-electron chi connectivity index (χ4n) is 3.43. The number of amides is 2. The lowest BCUT2D eigenvalue weighted by Gasteiger charge is -2.14. The Morgan fingerprint density at radius 1 is 0.946 bits per heavy atom. The number of carbonyl (C=O) groups excluding carboxylic acids is 2. The molecule has 0 radical (unpaired) electrons. The Morgan fingerprint density at radius 2 is 1.59 bits per heavy atom. The first-order valence-electron chi connectivity index (χ1n) is 11.2. The van der Waals surface area contributed by atoms with Gasteiger partial charge in [0.05, 0.1) is 25.2 Å². The van der Waals surface area contributed by atoms with E-state index >= 15 is 0 Å². The van der Waals surface area contributed by atoms with Crippen LogP contribution in [0.4, 0.5) is 15.2 Å². The number of anilines is 2. The van der Waals surface area contributed by atoms with Crippen LogP contribution in [0.3, 0.4) is 0 Å². The van der Waals surface area contributed by atoms with Crippen LogP contribution in [-0.2, 0) is 4.79 Å². The molecule has 0 aliphatic heterocycles. The van der Waals surface area contributed by atoms with E-state index in [0.717, 1.165) is 10.5 Å². The Labute approximate surface area is 222 Å². The van der Waals surface area contributed by atoms with E-state index in [1.165, 1.54) is 49.5 Å². The number of hydrogen-bond donors (Lipinski definition) is 2. The number of ether oxygens (including phenoxy) is 2. The molecule has 1 heterocycles. The van der Waals surface area contributed by atoms with Crippen molar-refractivity contribution in [3.8, 4) is 22.8 Å². The molecule has 3 aromatic carbocycles. The summed E-state index contributed by atoms with van der Waals surface area (Å²) in [6, 6.07) is 18.4. The third-order valence-corrected chi connectivity index (χ3v) is 7.19.